The lowest BCUT2D eigenvalue weighted by Gasteiger charge is -2.23. The first-order valence-corrected chi connectivity index (χ1v) is 7.77. The molecule has 2 aromatic rings. The van der Waals surface area contributed by atoms with Crippen LogP contribution in [0.25, 0.3) is 0 Å². The van der Waals surface area contributed by atoms with Crippen molar-refractivity contribution in [1.82, 2.24) is 0 Å². The molecule has 0 unspecified atom stereocenters. The summed E-state index contributed by atoms with van der Waals surface area (Å²) >= 11 is 1.90. The second kappa shape index (κ2) is 5.40. The fourth-order valence-electron chi connectivity index (χ4n) is 2.79. The Labute approximate surface area is 119 Å². The van der Waals surface area contributed by atoms with Crippen LogP contribution in [-0.4, -0.2) is 11.3 Å². The summed E-state index contributed by atoms with van der Waals surface area (Å²) in [6.45, 7) is 0. The molecule has 0 aromatic heterocycles. The largest absolute Gasteiger partial charge is 0.324 e. The van der Waals surface area contributed by atoms with Gasteiger partial charge in [0.2, 0.25) is 0 Å². The van der Waals surface area contributed by atoms with Gasteiger partial charge in [0.25, 0.3) is 0 Å². The summed E-state index contributed by atoms with van der Waals surface area (Å²) < 4.78 is 0. The maximum absolute atomic E-state index is 6.56. The molecule has 1 aliphatic carbocycles. The quantitative estimate of drug-likeness (QED) is 0.857. The fourth-order valence-corrected chi connectivity index (χ4v) is 3.88. The zero-order valence-electron chi connectivity index (χ0n) is 11.0. The lowest BCUT2D eigenvalue weighted by atomic mass is 9.94. The van der Waals surface area contributed by atoms with E-state index >= 15 is 0 Å². The van der Waals surface area contributed by atoms with Crippen molar-refractivity contribution in [3.8, 4) is 0 Å². The molecule has 0 fully saturated rings. The second-order valence-corrected chi connectivity index (χ2v) is 6.56. The van der Waals surface area contributed by atoms with Crippen molar-refractivity contribution >= 4 is 11.8 Å². The Morgan fingerprint density at radius 3 is 2.11 bits per heavy atom. The smallest absolute Gasteiger partial charge is 0.0244 e. The van der Waals surface area contributed by atoms with E-state index in [1.54, 1.807) is 0 Å². The standard InChI is InChI=1S/C17H19NS/c18-17(10-11-19-16-8-2-1-3-9-16)12-14-6-4-5-7-15(14)13-17/h1-9H,10-13,18H2. The summed E-state index contributed by atoms with van der Waals surface area (Å²) in [5, 5.41) is 0. The molecule has 3 rings (SSSR count). The minimum Gasteiger partial charge on any atom is -0.324 e. The third kappa shape index (κ3) is 3.02. The second-order valence-electron chi connectivity index (χ2n) is 5.40. The zero-order chi connectivity index (χ0) is 13.1. The van der Waals surface area contributed by atoms with E-state index in [0.29, 0.717) is 0 Å². The summed E-state index contributed by atoms with van der Waals surface area (Å²) in [5.74, 6) is 1.09. The Hall–Kier alpha value is -1.25. The molecule has 0 saturated heterocycles. The summed E-state index contributed by atoms with van der Waals surface area (Å²) in [6, 6.07) is 19.2. The highest BCUT2D eigenvalue weighted by molar-refractivity contribution is 7.99. The maximum atomic E-state index is 6.56. The first-order valence-electron chi connectivity index (χ1n) is 6.79. The van der Waals surface area contributed by atoms with Crippen molar-refractivity contribution in [2.24, 2.45) is 5.73 Å². The lowest BCUT2D eigenvalue weighted by Crippen LogP contribution is -2.41. The monoisotopic (exact) mass is 269 g/mol. The van der Waals surface area contributed by atoms with Gasteiger partial charge in [0.05, 0.1) is 0 Å². The molecule has 98 valence electrons. The van der Waals surface area contributed by atoms with E-state index in [1.165, 1.54) is 16.0 Å². The number of fused-ring (bicyclic) bond motifs is 1. The Kier molecular flexibility index (Phi) is 3.63. The van der Waals surface area contributed by atoms with Gasteiger partial charge in [-0.1, -0.05) is 42.5 Å². The number of thioether (sulfide) groups is 1. The predicted octanol–water partition coefficient (Wildman–Crippen LogP) is 3.67. The molecule has 0 spiro atoms. The Morgan fingerprint density at radius 1 is 0.895 bits per heavy atom. The van der Waals surface area contributed by atoms with Gasteiger partial charge >= 0.3 is 0 Å². The van der Waals surface area contributed by atoms with Crippen molar-refractivity contribution < 1.29 is 0 Å². The molecule has 2 N–H and O–H groups in total. The molecule has 19 heavy (non-hydrogen) atoms. The van der Waals surface area contributed by atoms with Gasteiger partial charge in [-0.05, 0) is 48.3 Å². The first kappa shape index (κ1) is 12.8. The molecule has 0 atom stereocenters. The van der Waals surface area contributed by atoms with Gasteiger partial charge in [-0.2, -0.15) is 0 Å². The van der Waals surface area contributed by atoms with Crippen molar-refractivity contribution in [1.29, 1.82) is 0 Å². The molecule has 0 bridgehead atoms. The highest BCUT2D eigenvalue weighted by atomic mass is 32.2. The third-order valence-corrected chi connectivity index (χ3v) is 4.83. The molecule has 0 saturated carbocycles. The topological polar surface area (TPSA) is 26.0 Å². The van der Waals surface area contributed by atoms with Gasteiger partial charge < -0.3 is 5.73 Å². The van der Waals surface area contributed by atoms with Crippen molar-refractivity contribution in [2.45, 2.75) is 29.7 Å². The Morgan fingerprint density at radius 2 is 1.47 bits per heavy atom. The average Bonchev–Trinajstić information content (AvgIpc) is 2.76. The zero-order valence-corrected chi connectivity index (χ0v) is 11.8. The minimum atomic E-state index is -0.0362. The third-order valence-electron chi connectivity index (χ3n) is 3.82. The van der Waals surface area contributed by atoms with E-state index in [2.05, 4.69) is 54.6 Å². The molecule has 0 radical (unpaired) electrons. The molecule has 2 aromatic carbocycles. The van der Waals surface area contributed by atoms with E-state index < -0.39 is 0 Å². The van der Waals surface area contributed by atoms with Gasteiger partial charge in [-0.15, -0.1) is 11.8 Å². The van der Waals surface area contributed by atoms with E-state index in [9.17, 15) is 0 Å². The SMILES string of the molecule is NC1(CCSc2ccccc2)Cc2ccccc2C1. The van der Waals surface area contributed by atoms with Crippen LogP contribution in [0, 0.1) is 0 Å². The van der Waals surface area contributed by atoms with E-state index in [1.807, 2.05) is 11.8 Å². The summed E-state index contributed by atoms with van der Waals surface area (Å²) in [7, 11) is 0. The van der Waals surface area contributed by atoms with Crippen LogP contribution in [-0.2, 0) is 12.8 Å². The van der Waals surface area contributed by atoms with Crippen LogP contribution < -0.4 is 5.73 Å². The van der Waals surface area contributed by atoms with Crippen molar-refractivity contribution in [2.75, 3.05) is 5.75 Å². The molecule has 0 heterocycles. The molecular weight excluding hydrogens is 250 g/mol. The molecule has 0 aliphatic heterocycles. The van der Waals surface area contributed by atoms with Crippen molar-refractivity contribution in [3.63, 3.8) is 0 Å². The first-order chi connectivity index (χ1) is 9.25. The molecule has 1 aliphatic rings. The normalized spacial score (nSPS) is 16.3. The van der Waals surface area contributed by atoms with Crippen LogP contribution in [0.4, 0.5) is 0 Å². The number of hydrogen-bond donors (Lipinski definition) is 1. The van der Waals surface area contributed by atoms with Crippen LogP contribution >= 0.6 is 11.8 Å². The molecule has 1 nitrogen and oxygen atoms in total. The molecule has 2 heteroatoms. The summed E-state index contributed by atoms with van der Waals surface area (Å²) in [5.41, 5.74) is 9.40. The molecule has 0 amide bonds. The van der Waals surface area contributed by atoms with E-state index in [-0.39, 0.29) is 5.54 Å². The highest BCUT2D eigenvalue weighted by Gasteiger charge is 2.32. The van der Waals surface area contributed by atoms with Crippen LogP contribution in [0.1, 0.15) is 17.5 Å². The van der Waals surface area contributed by atoms with Crippen LogP contribution in [0.5, 0.6) is 0 Å². The fraction of sp³-hybridized carbons (Fsp3) is 0.294. The van der Waals surface area contributed by atoms with Crippen LogP contribution in [0.3, 0.4) is 0 Å². The lowest BCUT2D eigenvalue weighted by molar-refractivity contribution is 0.437. The van der Waals surface area contributed by atoms with Gasteiger partial charge in [-0.3, -0.25) is 0 Å². The Bertz CT molecular complexity index is 525. The summed E-state index contributed by atoms with van der Waals surface area (Å²) in [6.07, 6.45) is 3.12. The Balaban J connectivity index is 1.57. The minimum absolute atomic E-state index is 0.0362. The number of benzene rings is 2. The van der Waals surface area contributed by atoms with Crippen molar-refractivity contribution in [3.05, 3.63) is 65.7 Å². The highest BCUT2D eigenvalue weighted by Crippen LogP contribution is 2.32. The van der Waals surface area contributed by atoms with Gasteiger partial charge in [0, 0.05) is 10.4 Å². The molecular formula is C17H19NS. The van der Waals surface area contributed by atoms with E-state index in [4.69, 9.17) is 5.73 Å². The number of hydrogen-bond acceptors (Lipinski definition) is 2. The van der Waals surface area contributed by atoms with Gasteiger partial charge in [0.15, 0.2) is 0 Å². The maximum Gasteiger partial charge on any atom is 0.0244 e. The number of rotatable bonds is 4. The van der Waals surface area contributed by atoms with E-state index in [0.717, 1.165) is 25.0 Å². The summed E-state index contributed by atoms with van der Waals surface area (Å²) in [4.78, 5) is 1.33. The average molecular weight is 269 g/mol. The van der Waals surface area contributed by atoms with Gasteiger partial charge in [0.1, 0.15) is 0 Å². The van der Waals surface area contributed by atoms with Crippen LogP contribution in [0.2, 0.25) is 0 Å². The van der Waals surface area contributed by atoms with Gasteiger partial charge in [-0.25, -0.2) is 0 Å². The van der Waals surface area contributed by atoms with Crippen LogP contribution in [0.15, 0.2) is 59.5 Å². The predicted molar refractivity (Wildman–Crippen MR) is 82.6 cm³/mol. The number of nitrogens with two attached hydrogens (primary N) is 1.